The van der Waals surface area contributed by atoms with Gasteiger partial charge in [0.05, 0.1) is 5.56 Å². The van der Waals surface area contributed by atoms with Crippen LogP contribution in [0.1, 0.15) is 42.1 Å². The Morgan fingerprint density at radius 2 is 1.12 bits per heavy atom. The van der Waals surface area contributed by atoms with Gasteiger partial charge >= 0.3 is 5.97 Å². The van der Waals surface area contributed by atoms with E-state index in [4.69, 9.17) is 5.11 Å². The van der Waals surface area contributed by atoms with Crippen molar-refractivity contribution in [1.82, 2.24) is 0 Å². The van der Waals surface area contributed by atoms with Crippen molar-refractivity contribution in [3.8, 4) is 22.3 Å². The van der Waals surface area contributed by atoms with Gasteiger partial charge in [-0.15, -0.1) is 0 Å². The van der Waals surface area contributed by atoms with Gasteiger partial charge in [-0.1, -0.05) is 80.4 Å². The highest BCUT2D eigenvalue weighted by Gasteiger charge is 2.04. The minimum atomic E-state index is -0.898. The molecule has 0 saturated heterocycles. The molecule has 0 atom stereocenters. The Balaban J connectivity index is 1.71. The number of hydrogen-bond donors (Lipinski definition) is 1. The van der Waals surface area contributed by atoms with Crippen molar-refractivity contribution >= 4 is 5.97 Å². The van der Waals surface area contributed by atoms with Crippen molar-refractivity contribution in [2.45, 2.75) is 32.6 Å². The first-order valence-electron chi connectivity index (χ1n) is 9.20. The number of carboxylic acid groups (broad SMARTS) is 1. The summed E-state index contributed by atoms with van der Waals surface area (Å²) >= 11 is 0. The maximum absolute atomic E-state index is 10.9. The normalized spacial score (nSPS) is 10.7. The molecule has 3 aromatic rings. The van der Waals surface area contributed by atoms with Crippen molar-refractivity contribution in [1.29, 1.82) is 0 Å². The number of unbranched alkanes of at least 4 members (excludes halogenated alkanes) is 2. The zero-order valence-corrected chi connectivity index (χ0v) is 15.1. The molecule has 2 nitrogen and oxygen atoms in total. The van der Waals surface area contributed by atoms with Gasteiger partial charge in [-0.05, 0) is 52.8 Å². The zero-order valence-electron chi connectivity index (χ0n) is 15.1. The highest BCUT2D eigenvalue weighted by molar-refractivity contribution is 5.88. The zero-order chi connectivity index (χ0) is 18.4. The molecule has 0 radical (unpaired) electrons. The number of aromatic carboxylic acids is 1. The summed E-state index contributed by atoms with van der Waals surface area (Å²) < 4.78 is 0. The van der Waals surface area contributed by atoms with Gasteiger partial charge in [0, 0.05) is 0 Å². The Labute approximate surface area is 155 Å². The van der Waals surface area contributed by atoms with Crippen LogP contribution in [0, 0.1) is 0 Å². The second-order valence-corrected chi connectivity index (χ2v) is 6.61. The summed E-state index contributed by atoms with van der Waals surface area (Å²) in [6, 6.07) is 24.2. The molecular weight excluding hydrogens is 320 g/mol. The lowest BCUT2D eigenvalue weighted by Crippen LogP contribution is -1.94. The quantitative estimate of drug-likeness (QED) is 0.500. The van der Waals surface area contributed by atoms with Gasteiger partial charge in [-0.2, -0.15) is 0 Å². The van der Waals surface area contributed by atoms with Crippen LogP contribution in [0.5, 0.6) is 0 Å². The lowest BCUT2D eigenvalue weighted by Gasteiger charge is -2.07. The molecule has 0 fully saturated rings. The molecule has 0 saturated carbocycles. The molecule has 0 unspecified atom stereocenters. The van der Waals surface area contributed by atoms with Gasteiger partial charge in [0.25, 0.3) is 0 Å². The SMILES string of the molecule is CCCCCc1ccc(-c2ccc(-c3ccc(C(=O)O)cc3)cc2)cc1. The molecule has 2 heteroatoms. The molecule has 0 bridgehead atoms. The average molecular weight is 344 g/mol. The molecule has 3 rings (SSSR count). The van der Waals surface area contributed by atoms with Gasteiger partial charge in [-0.25, -0.2) is 4.79 Å². The van der Waals surface area contributed by atoms with E-state index in [0.29, 0.717) is 5.56 Å². The van der Waals surface area contributed by atoms with Crippen LogP contribution in [0.3, 0.4) is 0 Å². The van der Waals surface area contributed by atoms with Crippen molar-refractivity contribution in [2.24, 2.45) is 0 Å². The Morgan fingerprint density at radius 3 is 1.54 bits per heavy atom. The van der Waals surface area contributed by atoms with Crippen LogP contribution in [0.4, 0.5) is 0 Å². The van der Waals surface area contributed by atoms with E-state index in [-0.39, 0.29) is 0 Å². The topological polar surface area (TPSA) is 37.3 Å². The van der Waals surface area contributed by atoms with E-state index < -0.39 is 5.97 Å². The van der Waals surface area contributed by atoms with Crippen LogP contribution in [-0.4, -0.2) is 11.1 Å². The number of carbonyl (C=O) groups is 1. The van der Waals surface area contributed by atoms with Crippen molar-refractivity contribution in [2.75, 3.05) is 0 Å². The maximum atomic E-state index is 10.9. The van der Waals surface area contributed by atoms with Gasteiger partial charge in [0.2, 0.25) is 0 Å². The Hall–Kier alpha value is -2.87. The van der Waals surface area contributed by atoms with Crippen LogP contribution >= 0.6 is 0 Å². The van der Waals surface area contributed by atoms with Crippen LogP contribution in [0.25, 0.3) is 22.3 Å². The van der Waals surface area contributed by atoms with E-state index in [1.165, 1.54) is 36.0 Å². The summed E-state index contributed by atoms with van der Waals surface area (Å²) in [7, 11) is 0. The molecule has 0 amide bonds. The second-order valence-electron chi connectivity index (χ2n) is 6.61. The third-order valence-corrected chi connectivity index (χ3v) is 4.71. The molecule has 0 aliphatic rings. The number of carboxylic acids is 1. The summed E-state index contributed by atoms with van der Waals surface area (Å²) in [5.74, 6) is -0.898. The molecule has 0 aliphatic carbocycles. The molecular formula is C24H24O2. The molecule has 0 aromatic heterocycles. The van der Waals surface area contributed by atoms with E-state index in [1.807, 2.05) is 12.1 Å². The standard InChI is InChI=1S/C24H24O2/c1-2-3-4-5-18-6-8-19(9-7-18)20-10-12-21(13-11-20)22-14-16-23(17-15-22)24(25)26/h6-17H,2-5H2,1H3,(H,25,26). The predicted molar refractivity (Wildman–Crippen MR) is 108 cm³/mol. The van der Waals surface area contributed by atoms with Crippen molar-refractivity contribution < 1.29 is 9.90 Å². The Bertz CT molecular complexity index is 844. The molecule has 0 spiro atoms. The molecule has 0 aliphatic heterocycles. The highest BCUT2D eigenvalue weighted by atomic mass is 16.4. The highest BCUT2D eigenvalue weighted by Crippen LogP contribution is 2.25. The summed E-state index contributed by atoms with van der Waals surface area (Å²) in [6.07, 6.45) is 4.95. The van der Waals surface area contributed by atoms with Crippen LogP contribution < -0.4 is 0 Å². The summed E-state index contributed by atoms with van der Waals surface area (Å²) in [4.78, 5) is 10.9. The third-order valence-electron chi connectivity index (χ3n) is 4.71. The van der Waals surface area contributed by atoms with E-state index in [0.717, 1.165) is 17.5 Å². The number of aryl methyl sites for hydroxylation is 1. The fourth-order valence-corrected chi connectivity index (χ4v) is 3.10. The van der Waals surface area contributed by atoms with E-state index >= 15 is 0 Å². The van der Waals surface area contributed by atoms with Crippen molar-refractivity contribution in [3.63, 3.8) is 0 Å². The van der Waals surface area contributed by atoms with E-state index in [9.17, 15) is 4.79 Å². The lowest BCUT2D eigenvalue weighted by atomic mass is 9.98. The Kier molecular flexibility index (Phi) is 5.85. The smallest absolute Gasteiger partial charge is 0.335 e. The Morgan fingerprint density at radius 1 is 0.692 bits per heavy atom. The largest absolute Gasteiger partial charge is 0.478 e. The molecule has 26 heavy (non-hydrogen) atoms. The first-order valence-corrected chi connectivity index (χ1v) is 9.20. The third kappa shape index (κ3) is 4.40. The van der Waals surface area contributed by atoms with Gasteiger partial charge in [0.15, 0.2) is 0 Å². The molecule has 132 valence electrons. The van der Waals surface area contributed by atoms with E-state index in [1.54, 1.807) is 12.1 Å². The molecule has 1 N–H and O–H groups in total. The number of hydrogen-bond acceptors (Lipinski definition) is 1. The fraction of sp³-hybridized carbons (Fsp3) is 0.208. The van der Waals surface area contributed by atoms with Gasteiger partial charge < -0.3 is 5.11 Å². The average Bonchev–Trinajstić information content (AvgIpc) is 2.69. The maximum Gasteiger partial charge on any atom is 0.335 e. The monoisotopic (exact) mass is 344 g/mol. The van der Waals surface area contributed by atoms with Crippen LogP contribution in [0.2, 0.25) is 0 Å². The molecule has 0 heterocycles. The number of benzene rings is 3. The molecule has 3 aromatic carbocycles. The predicted octanol–water partition coefficient (Wildman–Crippen LogP) is 6.45. The van der Waals surface area contributed by atoms with E-state index in [2.05, 4.69) is 55.5 Å². The number of rotatable bonds is 7. The second kappa shape index (κ2) is 8.48. The van der Waals surface area contributed by atoms with Crippen molar-refractivity contribution in [3.05, 3.63) is 83.9 Å². The minimum Gasteiger partial charge on any atom is -0.478 e. The minimum absolute atomic E-state index is 0.310. The fourth-order valence-electron chi connectivity index (χ4n) is 3.10. The summed E-state index contributed by atoms with van der Waals surface area (Å²) in [6.45, 7) is 2.23. The summed E-state index contributed by atoms with van der Waals surface area (Å²) in [5.41, 5.74) is 6.23. The van der Waals surface area contributed by atoms with Crippen LogP contribution in [-0.2, 0) is 6.42 Å². The first kappa shape index (κ1) is 17.9. The summed E-state index contributed by atoms with van der Waals surface area (Å²) in [5, 5.41) is 8.99. The van der Waals surface area contributed by atoms with Gasteiger partial charge in [0.1, 0.15) is 0 Å². The van der Waals surface area contributed by atoms with Gasteiger partial charge in [-0.3, -0.25) is 0 Å². The lowest BCUT2D eigenvalue weighted by molar-refractivity contribution is 0.0697. The van der Waals surface area contributed by atoms with Crippen LogP contribution in [0.15, 0.2) is 72.8 Å². The first-order chi connectivity index (χ1) is 12.7.